The molecule has 0 bridgehead atoms. The van der Waals surface area contributed by atoms with Gasteiger partial charge in [-0.1, -0.05) is 32.5 Å². The second-order valence-electron chi connectivity index (χ2n) is 5.16. The molecule has 0 aromatic carbocycles. The molecule has 1 saturated heterocycles. The van der Waals surface area contributed by atoms with E-state index in [1.807, 2.05) is 11.8 Å². The van der Waals surface area contributed by atoms with Gasteiger partial charge in [0.2, 0.25) is 5.91 Å². The number of piperidine rings is 1. The highest BCUT2D eigenvalue weighted by Crippen LogP contribution is 2.18. The van der Waals surface area contributed by atoms with Crippen molar-refractivity contribution in [3.63, 3.8) is 0 Å². The number of thiocarbonyl (C=S) groups is 1. The minimum absolute atomic E-state index is 0.0825. The van der Waals surface area contributed by atoms with Gasteiger partial charge >= 0.3 is 0 Å². The van der Waals surface area contributed by atoms with Gasteiger partial charge in [-0.2, -0.15) is 0 Å². The molecule has 1 amide bonds. The van der Waals surface area contributed by atoms with Crippen molar-refractivity contribution in [3.8, 4) is 0 Å². The molecule has 1 rings (SSSR count). The smallest absolute Gasteiger partial charge is 0.232 e. The third kappa shape index (κ3) is 5.07. The second-order valence-corrected chi connectivity index (χ2v) is 5.63. The standard InChI is InChI=1S/C14H26N2O2S/c1-3-6-12(13(15)19)14(17)16-8-5-7-11(10-16)18-9-4-2/h11-12H,3-10H2,1-2H3,(H2,15,19). The molecule has 1 fully saturated rings. The molecular formula is C14H26N2O2S. The van der Waals surface area contributed by atoms with Crippen molar-refractivity contribution < 1.29 is 9.53 Å². The molecule has 1 aliphatic heterocycles. The first-order chi connectivity index (χ1) is 9.10. The van der Waals surface area contributed by atoms with E-state index in [4.69, 9.17) is 22.7 Å². The molecule has 2 unspecified atom stereocenters. The lowest BCUT2D eigenvalue weighted by Gasteiger charge is -2.34. The Morgan fingerprint density at radius 2 is 2.21 bits per heavy atom. The van der Waals surface area contributed by atoms with Crippen molar-refractivity contribution in [2.45, 2.75) is 52.1 Å². The van der Waals surface area contributed by atoms with Gasteiger partial charge in [0.1, 0.15) is 0 Å². The number of carbonyl (C=O) groups excluding carboxylic acids is 1. The molecule has 1 aliphatic rings. The molecule has 0 saturated carbocycles. The summed E-state index contributed by atoms with van der Waals surface area (Å²) in [6.45, 7) is 6.38. The van der Waals surface area contributed by atoms with E-state index in [9.17, 15) is 4.79 Å². The van der Waals surface area contributed by atoms with Crippen molar-refractivity contribution in [2.24, 2.45) is 11.7 Å². The van der Waals surface area contributed by atoms with Gasteiger partial charge < -0.3 is 15.4 Å². The van der Waals surface area contributed by atoms with Crippen LogP contribution >= 0.6 is 12.2 Å². The summed E-state index contributed by atoms with van der Waals surface area (Å²) in [5, 5.41) is 0. The van der Waals surface area contributed by atoms with Gasteiger partial charge in [0, 0.05) is 19.7 Å². The van der Waals surface area contributed by atoms with E-state index in [0.717, 1.165) is 45.3 Å². The number of nitrogens with zero attached hydrogens (tertiary/aromatic N) is 1. The maximum Gasteiger partial charge on any atom is 0.232 e. The highest BCUT2D eigenvalue weighted by Gasteiger charge is 2.30. The van der Waals surface area contributed by atoms with Crippen LogP contribution < -0.4 is 5.73 Å². The SMILES string of the molecule is CCCOC1CCCN(C(=O)C(CCC)C(N)=S)C1. The van der Waals surface area contributed by atoms with Gasteiger partial charge in [-0.15, -0.1) is 0 Å². The molecule has 1 heterocycles. The fourth-order valence-electron chi connectivity index (χ4n) is 2.46. The molecule has 0 aromatic rings. The molecule has 2 atom stereocenters. The lowest BCUT2D eigenvalue weighted by atomic mass is 9.99. The zero-order valence-electron chi connectivity index (χ0n) is 12.1. The number of amides is 1. The van der Waals surface area contributed by atoms with Crippen LogP contribution in [0.5, 0.6) is 0 Å². The summed E-state index contributed by atoms with van der Waals surface area (Å²) in [6.07, 6.45) is 4.87. The Balaban J connectivity index is 2.57. The number of carbonyl (C=O) groups is 1. The van der Waals surface area contributed by atoms with E-state index < -0.39 is 0 Å². The fourth-order valence-corrected chi connectivity index (χ4v) is 2.67. The maximum absolute atomic E-state index is 12.5. The zero-order valence-corrected chi connectivity index (χ0v) is 12.9. The third-order valence-electron chi connectivity index (χ3n) is 3.47. The molecule has 5 heteroatoms. The molecule has 110 valence electrons. The predicted molar refractivity (Wildman–Crippen MR) is 81.0 cm³/mol. The van der Waals surface area contributed by atoms with E-state index in [-0.39, 0.29) is 17.9 Å². The van der Waals surface area contributed by atoms with E-state index >= 15 is 0 Å². The summed E-state index contributed by atoms with van der Waals surface area (Å²) in [6, 6.07) is 0. The Labute approximate surface area is 121 Å². The molecule has 2 N–H and O–H groups in total. The molecule has 19 heavy (non-hydrogen) atoms. The quantitative estimate of drug-likeness (QED) is 0.728. The normalized spacial score (nSPS) is 21.2. The molecule has 4 nitrogen and oxygen atoms in total. The van der Waals surface area contributed by atoms with Gasteiger partial charge in [0.15, 0.2) is 0 Å². The van der Waals surface area contributed by atoms with Crippen molar-refractivity contribution >= 4 is 23.1 Å². The van der Waals surface area contributed by atoms with Crippen molar-refractivity contribution in [1.29, 1.82) is 0 Å². The lowest BCUT2D eigenvalue weighted by Crippen LogP contribution is -2.48. The number of ether oxygens (including phenoxy) is 1. The van der Waals surface area contributed by atoms with Crippen LogP contribution in [0.1, 0.15) is 46.0 Å². The average molecular weight is 286 g/mol. The van der Waals surface area contributed by atoms with Crippen LogP contribution in [0.3, 0.4) is 0 Å². The van der Waals surface area contributed by atoms with Gasteiger partial charge in [-0.3, -0.25) is 4.79 Å². The zero-order chi connectivity index (χ0) is 14.3. The van der Waals surface area contributed by atoms with E-state index in [1.54, 1.807) is 0 Å². The van der Waals surface area contributed by atoms with Crippen LogP contribution in [0.25, 0.3) is 0 Å². The Hall–Kier alpha value is -0.680. The van der Waals surface area contributed by atoms with Gasteiger partial charge in [-0.05, 0) is 25.7 Å². The molecule has 0 spiro atoms. The fraction of sp³-hybridized carbons (Fsp3) is 0.857. The Morgan fingerprint density at radius 3 is 2.79 bits per heavy atom. The summed E-state index contributed by atoms with van der Waals surface area (Å²) < 4.78 is 5.75. The van der Waals surface area contributed by atoms with E-state index in [1.165, 1.54) is 0 Å². The van der Waals surface area contributed by atoms with Crippen molar-refractivity contribution in [2.75, 3.05) is 19.7 Å². The van der Waals surface area contributed by atoms with Gasteiger partial charge in [0.25, 0.3) is 0 Å². The molecule has 0 radical (unpaired) electrons. The first kappa shape index (κ1) is 16.4. The van der Waals surface area contributed by atoms with Crippen LogP contribution in [0, 0.1) is 5.92 Å². The van der Waals surface area contributed by atoms with Crippen LogP contribution in [0.4, 0.5) is 0 Å². The highest BCUT2D eigenvalue weighted by molar-refractivity contribution is 7.80. The monoisotopic (exact) mass is 286 g/mol. The molecule has 0 aromatic heterocycles. The summed E-state index contributed by atoms with van der Waals surface area (Å²) in [5.74, 6) is -0.218. The van der Waals surface area contributed by atoms with Crippen molar-refractivity contribution in [1.82, 2.24) is 4.90 Å². The van der Waals surface area contributed by atoms with Crippen LogP contribution in [-0.2, 0) is 9.53 Å². The number of rotatable bonds is 7. The van der Waals surface area contributed by atoms with Crippen molar-refractivity contribution in [3.05, 3.63) is 0 Å². The van der Waals surface area contributed by atoms with Gasteiger partial charge in [-0.25, -0.2) is 0 Å². The largest absolute Gasteiger partial charge is 0.393 e. The minimum atomic E-state index is -0.301. The number of hydrogen-bond acceptors (Lipinski definition) is 3. The molecular weight excluding hydrogens is 260 g/mol. The Morgan fingerprint density at radius 1 is 1.47 bits per heavy atom. The van der Waals surface area contributed by atoms with Gasteiger partial charge in [0.05, 0.1) is 17.0 Å². The minimum Gasteiger partial charge on any atom is -0.393 e. The van der Waals surface area contributed by atoms with Crippen LogP contribution in [0.15, 0.2) is 0 Å². The van der Waals surface area contributed by atoms with E-state index in [0.29, 0.717) is 11.5 Å². The highest BCUT2D eigenvalue weighted by atomic mass is 32.1. The maximum atomic E-state index is 12.5. The summed E-state index contributed by atoms with van der Waals surface area (Å²) in [5.41, 5.74) is 5.70. The summed E-state index contributed by atoms with van der Waals surface area (Å²) in [4.78, 5) is 14.7. The first-order valence-electron chi connectivity index (χ1n) is 7.29. The second kappa shape index (κ2) is 8.48. The molecule has 0 aliphatic carbocycles. The van der Waals surface area contributed by atoms with Crippen LogP contribution in [-0.4, -0.2) is 41.6 Å². The Bertz CT molecular complexity index is 310. The first-order valence-corrected chi connectivity index (χ1v) is 7.70. The summed E-state index contributed by atoms with van der Waals surface area (Å²) >= 11 is 5.03. The number of likely N-dealkylation sites (tertiary alicyclic amines) is 1. The summed E-state index contributed by atoms with van der Waals surface area (Å²) in [7, 11) is 0. The third-order valence-corrected chi connectivity index (χ3v) is 3.75. The average Bonchev–Trinajstić information content (AvgIpc) is 2.41. The number of hydrogen-bond donors (Lipinski definition) is 1. The predicted octanol–water partition coefficient (Wildman–Crippen LogP) is 2.11. The number of nitrogens with two attached hydrogens (primary N) is 1. The topological polar surface area (TPSA) is 55.6 Å². The lowest BCUT2D eigenvalue weighted by molar-refractivity contribution is -0.137. The van der Waals surface area contributed by atoms with Crippen LogP contribution in [0.2, 0.25) is 0 Å². The Kier molecular flexibility index (Phi) is 7.31. The van der Waals surface area contributed by atoms with E-state index in [2.05, 4.69) is 6.92 Å².